The average Bonchev–Trinajstić information content (AvgIpc) is 3.16. The third-order valence-electron chi connectivity index (χ3n) is 4.55. The number of aromatic nitrogens is 3. The molecule has 0 spiro atoms. The second-order valence-corrected chi connectivity index (χ2v) is 7.80. The monoisotopic (exact) mass is 410 g/mol. The van der Waals surface area contributed by atoms with Crippen LogP contribution in [0.5, 0.6) is 0 Å². The number of benzene rings is 2. The maximum atomic E-state index is 13.1. The van der Waals surface area contributed by atoms with E-state index in [9.17, 15) is 4.79 Å². The molecular formula is C22H26N4O2S. The summed E-state index contributed by atoms with van der Waals surface area (Å²) in [5, 5.41) is 9.17. The molecule has 1 atom stereocenters. The van der Waals surface area contributed by atoms with Crippen molar-refractivity contribution in [1.29, 1.82) is 0 Å². The number of carbonyl (C=O) groups excluding carboxylic acids is 1. The summed E-state index contributed by atoms with van der Waals surface area (Å²) in [6.07, 6.45) is 0. The Kier molecular flexibility index (Phi) is 7.43. The first-order chi connectivity index (χ1) is 14.2. The Balaban J connectivity index is 1.83. The van der Waals surface area contributed by atoms with E-state index < -0.39 is 0 Å². The van der Waals surface area contributed by atoms with Crippen LogP contribution < -0.4 is 4.90 Å². The molecule has 0 saturated heterocycles. The van der Waals surface area contributed by atoms with Crippen LogP contribution in [0.1, 0.15) is 13.8 Å². The molecule has 6 nitrogen and oxygen atoms in total. The molecule has 1 heterocycles. The van der Waals surface area contributed by atoms with Gasteiger partial charge in [0.25, 0.3) is 0 Å². The maximum Gasteiger partial charge on any atom is 0.240 e. The average molecular weight is 411 g/mol. The van der Waals surface area contributed by atoms with Gasteiger partial charge in [-0.1, -0.05) is 60.3 Å². The molecule has 0 aliphatic rings. The Morgan fingerprint density at radius 3 is 2.38 bits per heavy atom. The quantitative estimate of drug-likeness (QED) is 0.497. The van der Waals surface area contributed by atoms with Gasteiger partial charge in [0, 0.05) is 24.9 Å². The van der Waals surface area contributed by atoms with Gasteiger partial charge in [-0.15, -0.1) is 10.2 Å². The van der Waals surface area contributed by atoms with Crippen LogP contribution >= 0.6 is 11.8 Å². The molecule has 0 unspecified atom stereocenters. The summed E-state index contributed by atoms with van der Waals surface area (Å²) in [6.45, 7) is 5.67. The van der Waals surface area contributed by atoms with Crippen LogP contribution in [0.15, 0.2) is 65.8 Å². The van der Waals surface area contributed by atoms with Crippen molar-refractivity contribution in [2.45, 2.75) is 30.8 Å². The Morgan fingerprint density at radius 1 is 1.10 bits per heavy atom. The van der Waals surface area contributed by atoms with Crippen molar-refractivity contribution in [3.05, 3.63) is 60.7 Å². The predicted octanol–water partition coefficient (Wildman–Crippen LogP) is 4.13. The van der Waals surface area contributed by atoms with E-state index in [1.165, 1.54) is 11.8 Å². The number of ether oxygens (including phenoxy) is 1. The van der Waals surface area contributed by atoms with Gasteiger partial charge >= 0.3 is 0 Å². The normalized spacial score (nSPS) is 12.0. The first kappa shape index (κ1) is 21.1. The number of methoxy groups -OCH3 is 1. The Labute approximate surface area is 175 Å². The molecule has 1 amide bonds. The molecule has 0 fully saturated rings. The highest BCUT2D eigenvalue weighted by Gasteiger charge is 2.25. The second-order valence-electron chi connectivity index (χ2n) is 6.49. The number of para-hydroxylation sites is 1. The van der Waals surface area contributed by atoms with Gasteiger partial charge < -0.3 is 9.64 Å². The highest BCUT2D eigenvalue weighted by molar-refractivity contribution is 8.00. The van der Waals surface area contributed by atoms with Crippen LogP contribution in [0.4, 0.5) is 5.69 Å². The van der Waals surface area contributed by atoms with Crippen LogP contribution in [0.2, 0.25) is 0 Å². The molecule has 152 valence electrons. The maximum absolute atomic E-state index is 13.1. The van der Waals surface area contributed by atoms with Gasteiger partial charge in [0.2, 0.25) is 5.91 Å². The standard InChI is InChI=1S/C22H26N4O2S/c1-4-25(19-13-9-6-10-14-19)21(27)17(2)29-22-24-23-20(26(22)15-16-28-3)18-11-7-5-8-12-18/h5-14,17H,4,15-16H2,1-3H3/t17-/m1/s1. The van der Waals surface area contributed by atoms with Crippen molar-refractivity contribution < 1.29 is 9.53 Å². The van der Waals surface area contributed by atoms with Gasteiger partial charge in [0.15, 0.2) is 11.0 Å². The highest BCUT2D eigenvalue weighted by Crippen LogP contribution is 2.28. The number of amides is 1. The lowest BCUT2D eigenvalue weighted by atomic mass is 10.2. The second kappa shape index (κ2) is 10.2. The van der Waals surface area contributed by atoms with Crippen LogP contribution in [-0.4, -0.2) is 46.2 Å². The zero-order chi connectivity index (χ0) is 20.6. The van der Waals surface area contributed by atoms with Crippen molar-refractivity contribution in [1.82, 2.24) is 14.8 Å². The smallest absolute Gasteiger partial charge is 0.240 e. The summed E-state index contributed by atoms with van der Waals surface area (Å²) in [7, 11) is 1.67. The lowest BCUT2D eigenvalue weighted by molar-refractivity contribution is -0.117. The number of nitrogens with zero attached hydrogens (tertiary/aromatic N) is 4. The van der Waals surface area contributed by atoms with Gasteiger partial charge in [-0.05, 0) is 26.0 Å². The molecule has 1 aromatic heterocycles. The predicted molar refractivity (Wildman–Crippen MR) is 117 cm³/mol. The fourth-order valence-corrected chi connectivity index (χ4v) is 4.00. The van der Waals surface area contributed by atoms with Crippen LogP contribution in [0.25, 0.3) is 11.4 Å². The minimum Gasteiger partial charge on any atom is -0.383 e. The summed E-state index contributed by atoms with van der Waals surface area (Å²) in [5.41, 5.74) is 1.89. The summed E-state index contributed by atoms with van der Waals surface area (Å²) < 4.78 is 7.29. The SMILES string of the molecule is CCN(C(=O)[C@@H](C)Sc1nnc(-c2ccccc2)n1CCOC)c1ccccc1. The fourth-order valence-electron chi connectivity index (χ4n) is 3.06. The molecule has 0 radical (unpaired) electrons. The van der Waals surface area contributed by atoms with E-state index in [4.69, 9.17) is 4.74 Å². The number of thioether (sulfide) groups is 1. The number of hydrogen-bond acceptors (Lipinski definition) is 5. The van der Waals surface area contributed by atoms with Crippen molar-refractivity contribution in [3.8, 4) is 11.4 Å². The van der Waals surface area contributed by atoms with Gasteiger partial charge in [-0.3, -0.25) is 9.36 Å². The topological polar surface area (TPSA) is 60.2 Å². The summed E-state index contributed by atoms with van der Waals surface area (Å²) in [4.78, 5) is 14.9. The van der Waals surface area contributed by atoms with Gasteiger partial charge in [0.1, 0.15) is 0 Å². The largest absolute Gasteiger partial charge is 0.383 e. The number of carbonyl (C=O) groups is 1. The first-order valence-electron chi connectivity index (χ1n) is 9.66. The Hall–Kier alpha value is -2.64. The van der Waals surface area contributed by atoms with E-state index in [0.29, 0.717) is 24.9 Å². The third kappa shape index (κ3) is 5.05. The molecule has 0 aliphatic carbocycles. The van der Waals surface area contributed by atoms with E-state index in [-0.39, 0.29) is 11.2 Å². The molecule has 0 N–H and O–H groups in total. The molecule has 3 rings (SSSR count). The number of anilines is 1. The van der Waals surface area contributed by atoms with Crippen molar-refractivity contribution in [2.24, 2.45) is 0 Å². The molecule has 2 aromatic carbocycles. The van der Waals surface area contributed by atoms with Crippen LogP contribution in [-0.2, 0) is 16.1 Å². The Bertz CT molecular complexity index is 915. The molecular weight excluding hydrogens is 384 g/mol. The molecule has 0 aliphatic heterocycles. The lowest BCUT2D eigenvalue weighted by Gasteiger charge is -2.24. The minimum absolute atomic E-state index is 0.0475. The van der Waals surface area contributed by atoms with Gasteiger partial charge in [-0.25, -0.2) is 0 Å². The molecule has 29 heavy (non-hydrogen) atoms. The fraction of sp³-hybridized carbons (Fsp3) is 0.318. The van der Waals surface area contributed by atoms with Crippen molar-refractivity contribution in [3.63, 3.8) is 0 Å². The van der Waals surface area contributed by atoms with Gasteiger partial charge in [0.05, 0.1) is 18.4 Å². The summed E-state index contributed by atoms with van der Waals surface area (Å²) >= 11 is 1.43. The van der Waals surface area contributed by atoms with Crippen molar-refractivity contribution in [2.75, 3.05) is 25.2 Å². The summed E-state index contributed by atoms with van der Waals surface area (Å²) in [6, 6.07) is 19.7. The molecule has 7 heteroatoms. The molecule has 0 bridgehead atoms. The van der Waals surface area contributed by atoms with Crippen LogP contribution in [0.3, 0.4) is 0 Å². The Morgan fingerprint density at radius 2 is 1.76 bits per heavy atom. The van der Waals surface area contributed by atoms with E-state index >= 15 is 0 Å². The van der Waals surface area contributed by atoms with Gasteiger partial charge in [-0.2, -0.15) is 0 Å². The minimum atomic E-state index is -0.302. The lowest BCUT2D eigenvalue weighted by Crippen LogP contribution is -2.36. The molecule has 3 aromatic rings. The zero-order valence-electron chi connectivity index (χ0n) is 17.0. The van der Waals surface area contributed by atoms with E-state index in [1.807, 2.05) is 79.1 Å². The van der Waals surface area contributed by atoms with Crippen LogP contribution in [0, 0.1) is 0 Å². The number of rotatable bonds is 9. The third-order valence-corrected chi connectivity index (χ3v) is 5.62. The molecule has 0 saturated carbocycles. The zero-order valence-corrected chi connectivity index (χ0v) is 17.8. The van der Waals surface area contributed by atoms with E-state index in [2.05, 4.69) is 10.2 Å². The highest BCUT2D eigenvalue weighted by atomic mass is 32.2. The summed E-state index contributed by atoms with van der Waals surface area (Å²) in [5.74, 6) is 0.825. The van der Waals surface area contributed by atoms with Crippen molar-refractivity contribution >= 4 is 23.4 Å². The van der Waals surface area contributed by atoms with E-state index in [1.54, 1.807) is 12.0 Å². The van der Waals surface area contributed by atoms with E-state index in [0.717, 1.165) is 17.1 Å². The number of hydrogen-bond donors (Lipinski definition) is 0. The first-order valence-corrected chi connectivity index (χ1v) is 10.5.